The third-order valence-electron chi connectivity index (χ3n) is 2.21. The van der Waals surface area contributed by atoms with Gasteiger partial charge in [-0.2, -0.15) is 0 Å². The molecule has 0 aliphatic heterocycles. The van der Waals surface area contributed by atoms with E-state index in [1.54, 1.807) is 6.07 Å². The molecule has 1 aromatic rings. The van der Waals surface area contributed by atoms with E-state index >= 15 is 0 Å². The Morgan fingerprint density at radius 2 is 2.16 bits per heavy atom. The zero-order valence-corrected chi connectivity index (χ0v) is 11.4. The van der Waals surface area contributed by atoms with Crippen LogP contribution in [0.15, 0.2) is 28.8 Å². The summed E-state index contributed by atoms with van der Waals surface area (Å²) in [7, 11) is 0. The first-order valence-electron chi connectivity index (χ1n) is 5.40. The predicted octanol–water partition coefficient (Wildman–Crippen LogP) is 2.73. The summed E-state index contributed by atoms with van der Waals surface area (Å²) in [5.41, 5.74) is 2.33. The maximum atomic E-state index is 10.7. The molecule has 19 heavy (non-hydrogen) atoms. The van der Waals surface area contributed by atoms with Gasteiger partial charge in [-0.1, -0.05) is 23.2 Å². The van der Waals surface area contributed by atoms with Crippen LogP contribution in [0.5, 0.6) is 0 Å². The molecular formula is C11H13Cl2N3O3. The van der Waals surface area contributed by atoms with Crippen molar-refractivity contribution in [3.05, 3.63) is 38.9 Å². The molecule has 0 aromatic heterocycles. The van der Waals surface area contributed by atoms with Gasteiger partial charge in [0.15, 0.2) is 0 Å². The lowest BCUT2D eigenvalue weighted by atomic mass is 10.2. The summed E-state index contributed by atoms with van der Waals surface area (Å²) in [4.78, 5) is 10.2. The second kappa shape index (κ2) is 7.83. The van der Waals surface area contributed by atoms with E-state index in [-0.39, 0.29) is 18.8 Å². The summed E-state index contributed by atoms with van der Waals surface area (Å²) in [6.07, 6.45) is 0. The molecule has 0 saturated heterocycles. The highest BCUT2D eigenvalue weighted by Gasteiger charge is 2.10. The van der Waals surface area contributed by atoms with Crippen LogP contribution in [0, 0.1) is 10.1 Å². The molecule has 3 N–H and O–H groups in total. The van der Waals surface area contributed by atoms with Gasteiger partial charge in [0, 0.05) is 29.2 Å². The van der Waals surface area contributed by atoms with Gasteiger partial charge >= 0.3 is 0 Å². The molecule has 0 atom stereocenters. The van der Waals surface area contributed by atoms with Gasteiger partial charge in [0.2, 0.25) is 0 Å². The lowest BCUT2D eigenvalue weighted by Gasteiger charge is -2.12. The Hall–Kier alpha value is -1.50. The second-order valence-corrected chi connectivity index (χ2v) is 4.25. The summed E-state index contributed by atoms with van der Waals surface area (Å²) in [6.45, 7) is 0.546. The number of benzene rings is 1. The molecule has 0 aliphatic rings. The van der Waals surface area contributed by atoms with E-state index in [1.165, 1.54) is 17.7 Å². The van der Waals surface area contributed by atoms with Crippen molar-refractivity contribution in [2.75, 3.05) is 30.3 Å². The fourth-order valence-corrected chi connectivity index (χ4v) is 1.50. The summed E-state index contributed by atoms with van der Waals surface area (Å²) in [6, 6.07) is 4.33. The van der Waals surface area contributed by atoms with Crippen LogP contribution in [0.3, 0.4) is 0 Å². The van der Waals surface area contributed by atoms with E-state index in [2.05, 4.69) is 10.6 Å². The number of nitro groups is 1. The van der Waals surface area contributed by atoms with E-state index in [1.807, 2.05) is 0 Å². The van der Waals surface area contributed by atoms with Crippen LogP contribution in [0.2, 0.25) is 0 Å². The smallest absolute Gasteiger partial charge is 0.271 e. The molecular weight excluding hydrogens is 293 g/mol. The number of non-ortho nitro benzene ring substituents is 1. The molecule has 0 saturated carbocycles. The lowest BCUT2D eigenvalue weighted by molar-refractivity contribution is -0.384. The van der Waals surface area contributed by atoms with E-state index < -0.39 is 4.92 Å². The Morgan fingerprint density at radius 1 is 1.42 bits per heavy atom. The molecule has 0 radical (unpaired) electrons. The molecule has 0 heterocycles. The topological polar surface area (TPSA) is 87.4 Å². The van der Waals surface area contributed by atoms with Crippen molar-refractivity contribution >= 4 is 40.3 Å². The minimum absolute atomic E-state index is 0.0389. The van der Waals surface area contributed by atoms with Crippen LogP contribution >= 0.6 is 23.2 Å². The van der Waals surface area contributed by atoms with Gasteiger partial charge in [-0.25, -0.2) is 0 Å². The zero-order valence-electron chi connectivity index (χ0n) is 9.90. The van der Waals surface area contributed by atoms with Gasteiger partial charge in [0.25, 0.3) is 5.69 Å². The van der Waals surface area contributed by atoms with Gasteiger partial charge in [-0.3, -0.25) is 10.1 Å². The molecule has 0 bridgehead atoms. The molecule has 104 valence electrons. The first kappa shape index (κ1) is 15.6. The number of aliphatic hydroxyl groups excluding tert-OH is 1. The standard InChI is InChI=1S/C11H13Cl2N3O3/c12-6-8(13)7-15-11-5-9(16(18)19)1-2-10(11)14-3-4-17/h1-2,5-6,14-15,17H,3-4,7H2/b8-6-. The monoisotopic (exact) mass is 305 g/mol. The molecule has 0 unspecified atom stereocenters. The van der Waals surface area contributed by atoms with Gasteiger partial charge in [0.05, 0.1) is 29.4 Å². The summed E-state index contributed by atoms with van der Waals surface area (Å²) in [5, 5.41) is 25.8. The highest BCUT2D eigenvalue weighted by atomic mass is 35.5. The number of rotatable bonds is 7. The van der Waals surface area contributed by atoms with E-state index in [4.69, 9.17) is 28.3 Å². The Labute approximate surface area is 120 Å². The van der Waals surface area contributed by atoms with Crippen LogP contribution in [-0.2, 0) is 0 Å². The van der Waals surface area contributed by atoms with Crippen LogP contribution in [-0.4, -0.2) is 29.7 Å². The van der Waals surface area contributed by atoms with Gasteiger partial charge in [-0.15, -0.1) is 0 Å². The van der Waals surface area contributed by atoms with Crippen molar-refractivity contribution in [3.8, 4) is 0 Å². The van der Waals surface area contributed by atoms with Crippen molar-refractivity contribution < 1.29 is 10.0 Å². The van der Waals surface area contributed by atoms with Gasteiger partial charge in [0.1, 0.15) is 0 Å². The third-order valence-corrected chi connectivity index (χ3v) is 2.83. The predicted molar refractivity (Wildman–Crippen MR) is 77.0 cm³/mol. The molecule has 0 spiro atoms. The van der Waals surface area contributed by atoms with Gasteiger partial charge < -0.3 is 15.7 Å². The number of nitrogens with zero attached hydrogens (tertiary/aromatic N) is 1. The second-order valence-electron chi connectivity index (χ2n) is 3.55. The number of aliphatic hydroxyl groups is 1. The first-order valence-corrected chi connectivity index (χ1v) is 6.21. The molecule has 1 rings (SSSR count). The lowest BCUT2D eigenvalue weighted by Crippen LogP contribution is -2.10. The number of hydrogen-bond acceptors (Lipinski definition) is 5. The fraction of sp³-hybridized carbons (Fsp3) is 0.273. The van der Waals surface area contributed by atoms with Crippen LogP contribution in [0.1, 0.15) is 0 Å². The Kier molecular flexibility index (Phi) is 6.41. The van der Waals surface area contributed by atoms with Gasteiger partial charge in [-0.05, 0) is 6.07 Å². The largest absolute Gasteiger partial charge is 0.395 e. The average molecular weight is 306 g/mol. The van der Waals surface area contributed by atoms with Crippen molar-refractivity contribution in [2.45, 2.75) is 0 Å². The Morgan fingerprint density at radius 3 is 2.74 bits per heavy atom. The molecule has 0 aliphatic carbocycles. The normalized spacial score (nSPS) is 11.2. The van der Waals surface area contributed by atoms with Crippen LogP contribution in [0.4, 0.5) is 17.1 Å². The van der Waals surface area contributed by atoms with E-state index in [0.717, 1.165) is 0 Å². The number of anilines is 2. The van der Waals surface area contributed by atoms with E-state index in [0.29, 0.717) is 23.0 Å². The van der Waals surface area contributed by atoms with Crippen molar-refractivity contribution in [1.82, 2.24) is 0 Å². The van der Waals surface area contributed by atoms with Crippen LogP contribution in [0.25, 0.3) is 0 Å². The molecule has 6 nitrogen and oxygen atoms in total. The van der Waals surface area contributed by atoms with Crippen LogP contribution < -0.4 is 10.6 Å². The number of hydrogen-bond donors (Lipinski definition) is 3. The Bertz CT molecular complexity index is 480. The third kappa shape index (κ3) is 4.94. The highest BCUT2D eigenvalue weighted by molar-refractivity contribution is 6.36. The first-order chi connectivity index (χ1) is 9.08. The minimum atomic E-state index is -0.486. The SMILES string of the molecule is O=[N+]([O-])c1ccc(NCCO)c(NC/C(Cl)=C/Cl)c1. The summed E-state index contributed by atoms with van der Waals surface area (Å²) < 4.78 is 0. The van der Waals surface area contributed by atoms with Crippen molar-refractivity contribution in [2.24, 2.45) is 0 Å². The zero-order chi connectivity index (χ0) is 14.3. The number of halogens is 2. The van der Waals surface area contributed by atoms with Crippen molar-refractivity contribution in [1.29, 1.82) is 0 Å². The quantitative estimate of drug-likeness (QED) is 0.532. The Balaban J connectivity index is 2.93. The molecule has 0 amide bonds. The fourth-order valence-electron chi connectivity index (χ4n) is 1.36. The minimum Gasteiger partial charge on any atom is -0.395 e. The number of nitrogens with one attached hydrogen (secondary N) is 2. The molecule has 1 aromatic carbocycles. The molecule has 0 fully saturated rings. The van der Waals surface area contributed by atoms with Crippen molar-refractivity contribution in [3.63, 3.8) is 0 Å². The summed E-state index contributed by atoms with van der Waals surface area (Å²) >= 11 is 11.2. The average Bonchev–Trinajstić information content (AvgIpc) is 2.42. The van der Waals surface area contributed by atoms with E-state index in [9.17, 15) is 10.1 Å². The maximum absolute atomic E-state index is 10.7. The summed E-state index contributed by atoms with van der Waals surface area (Å²) in [5.74, 6) is 0. The number of nitro benzene ring substituents is 1. The molecule has 8 heteroatoms. The maximum Gasteiger partial charge on any atom is 0.271 e. The highest BCUT2D eigenvalue weighted by Crippen LogP contribution is 2.27.